The normalized spacial score (nSPS) is 11.9. The summed E-state index contributed by atoms with van der Waals surface area (Å²) in [6.45, 7) is 11.2. The average Bonchev–Trinajstić information content (AvgIpc) is 2.52. The molecule has 0 bridgehead atoms. The van der Waals surface area contributed by atoms with Gasteiger partial charge in [-0.05, 0) is 24.3 Å². The highest BCUT2D eigenvalue weighted by Crippen LogP contribution is 2.33. The van der Waals surface area contributed by atoms with Gasteiger partial charge in [0, 0.05) is 16.4 Å². The fraction of sp³-hybridized carbons (Fsp3) is 0.364. The molecule has 0 atom stereocenters. The van der Waals surface area contributed by atoms with Crippen molar-refractivity contribution in [3.05, 3.63) is 59.7 Å². The summed E-state index contributed by atoms with van der Waals surface area (Å²) in [6.07, 6.45) is 0. The van der Waals surface area contributed by atoms with E-state index in [9.17, 15) is 9.59 Å². The van der Waals surface area contributed by atoms with Gasteiger partial charge in [-0.3, -0.25) is 9.59 Å². The first-order valence-corrected chi connectivity index (χ1v) is 8.47. The molecule has 132 valence electrons. The Labute approximate surface area is 150 Å². The Balaban J connectivity index is 2.53. The van der Waals surface area contributed by atoms with Crippen molar-refractivity contribution in [1.82, 2.24) is 0 Å². The molecule has 0 aromatic heterocycles. The molecule has 0 saturated carbocycles. The fourth-order valence-corrected chi connectivity index (χ4v) is 2.39. The van der Waals surface area contributed by atoms with Crippen LogP contribution in [0.4, 0.5) is 0 Å². The van der Waals surface area contributed by atoms with Gasteiger partial charge in [0.25, 0.3) is 0 Å². The SMILES string of the molecule is CC(C)(C)C(=O)c1ccc(C(=O)C(C)(C)C)c(Oc2ccccc2)c1. The quantitative estimate of drug-likeness (QED) is 0.648. The standard InChI is InChI=1S/C22H26O3/c1-21(2,3)19(23)15-12-13-17(20(24)22(4,5)6)18(14-15)25-16-10-8-7-9-11-16/h7-14H,1-6H3. The molecule has 0 aliphatic carbocycles. The lowest BCUT2D eigenvalue weighted by Gasteiger charge is -2.21. The Morgan fingerprint density at radius 1 is 0.760 bits per heavy atom. The summed E-state index contributed by atoms with van der Waals surface area (Å²) in [6, 6.07) is 14.4. The molecule has 2 aromatic rings. The van der Waals surface area contributed by atoms with E-state index in [0.29, 0.717) is 22.6 Å². The van der Waals surface area contributed by atoms with Crippen molar-refractivity contribution in [3.8, 4) is 11.5 Å². The summed E-state index contributed by atoms with van der Waals surface area (Å²) in [5.41, 5.74) is -0.00472. The van der Waals surface area contributed by atoms with Crippen LogP contribution in [0.3, 0.4) is 0 Å². The van der Waals surface area contributed by atoms with Crippen LogP contribution in [-0.4, -0.2) is 11.6 Å². The predicted molar refractivity (Wildman–Crippen MR) is 101 cm³/mol. The first-order chi connectivity index (χ1) is 11.5. The maximum absolute atomic E-state index is 12.8. The highest BCUT2D eigenvalue weighted by Gasteiger charge is 2.28. The summed E-state index contributed by atoms with van der Waals surface area (Å²) in [7, 11) is 0. The smallest absolute Gasteiger partial charge is 0.171 e. The minimum atomic E-state index is -0.537. The molecular weight excluding hydrogens is 312 g/mol. The number of hydrogen-bond donors (Lipinski definition) is 0. The van der Waals surface area contributed by atoms with E-state index in [-0.39, 0.29) is 11.6 Å². The highest BCUT2D eigenvalue weighted by molar-refractivity contribution is 6.05. The number of hydrogen-bond acceptors (Lipinski definition) is 3. The van der Waals surface area contributed by atoms with Gasteiger partial charge in [-0.2, -0.15) is 0 Å². The summed E-state index contributed by atoms with van der Waals surface area (Å²) in [4.78, 5) is 25.4. The van der Waals surface area contributed by atoms with E-state index in [2.05, 4.69) is 0 Å². The Hall–Kier alpha value is -2.42. The van der Waals surface area contributed by atoms with Gasteiger partial charge >= 0.3 is 0 Å². The second kappa shape index (κ2) is 6.83. The molecule has 0 radical (unpaired) electrons. The molecule has 0 spiro atoms. The van der Waals surface area contributed by atoms with Crippen molar-refractivity contribution >= 4 is 11.6 Å². The lowest BCUT2D eigenvalue weighted by atomic mass is 9.83. The molecular formula is C22H26O3. The first-order valence-electron chi connectivity index (χ1n) is 8.47. The van der Waals surface area contributed by atoms with Gasteiger partial charge in [-0.25, -0.2) is 0 Å². The van der Waals surface area contributed by atoms with Crippen LogP contribution in [0.15, 0.2) is 48.5 Å². The number of carbonyl (C=O) groups is 2. The summed E-state index contributed by atoms with van der Waals surface area (Å²) in [5, 5.41) is 0. The van der Waals surface area contributed by atoms with Crippen molar-refractivity contribution < 1.29 is 14.3 Å². The molecule has 0 aliphatic rings. The molecule has 3 heteroatoms. The number of para-hydroxylation sites is 1. The number of benzene rings is 2. The van der Waals surface area contributed by atoms with Gasteiger partial charge in [0.05, 0.1) is 5.56 Å². The Kier molecular flexibility index (Phi) is 5.17. The largest absolute Gasteiger partial charge is 0.457 e. The van der Waals surface area contributed by atoms with Crippen LogP contribution in [0.25, 0.3) is 0 Å². The predicted octanol–water partition coefficient (Wildman–Crippen LogP) is 5.94. The van der Waals surface area contributed by atoms with E-state index in [1.807, 2.05) is 71.9 Å². The molecule has 2 aromatic carbocycles. The van der Waals surface area contributed by atoms with E-state index < -0.39 is 10.8 Å². The van der Waals surface area contributed by atoms with Crippen molar-refractivity contribution in [3.63, 3.8) is 0 Å². The van der Waals surface area contributed by atoms with Crippen molar-refractivity contribution in [2.24, 2.45) is 10.8 Å². The molecule has 0 aliphatic heterocycles. The second-order valence-corrected chi connectivity index (χ2v) is 8.28. The van der Waals surface area contributed by atoms with E-state index in [1.165, 1.54) is 0 Å². The summed E-state index contributed by atoms with van der Waals surface area (Å²) in [5.74, 6) is 1.04. The Morgan fingerprint density at radius 3 is 1.84 bits per heavy atom. The third-order valence-corrected chi connectivity index (χ3v) is 3.82. The molecule has 0 unspecified atom stereocenters. The van der Waals surface area contributed by atoms with Crippen molar-refractivity contribution in [2.75, 3.05) is 0 Å². The van der Waals surface area contributed by atoms with Crippen LogP contribution in [-0.2, 0) is 0 Å². The van der Waals surface area contributed by atoms with E-state index in [0.717, 1.165) is 0 Å². The third kappa shape index (κ3) is 4.56. The Morgan fingerprint density at radius 2 is 1.32 bits per heavy atom. The zero-order chi connectivity index (χ0) is 18.8. The third-order valence-electron chi connectivity index (χ3n) is 3.82. The van der Waals surface area contributed by atoms with Crippen LogP contribution in [0.1, 0.15) is 62.3 Å². The van der Waals surface area contributed by atoms with E-state index in [4.69, 9.17) is 4.74 Å². The molecule has 3 nitrogen and oxygen atoms in total. The maximum Gasteiger partial charge on any atom is 0.171 e. The lowest BCUT2D eigenvalue weighted by molar-refractivity contribution is 0.0846. The maximum atomic E-state index is 12.8. The van der Waals surface area contributed by atoms with Gasteiger partial charge in [0.15, 0.2) is 11.6 Å². The molecule has 0 fully saturated rings. The molecule has 0 saturated heterocycles. The fourth-order valence-electron chi connectivity index (χ4n) is 2.39. The Bertz CT molecular complexity index is 775. The van der Waals surface area contributed by atoms with Crippen LogP contribution in [0.5, 0.6) is 11.5 Å². The highest BCUT2D eigenvalue weighted by atomic mass is 16.5. The summed E-state index contributed by atoms with van der Waals surface area (Å²) < 4.78 is 5.96. The van der Waals surface area contributed by atoms with Crippen molar-refractivity contribution in [2.45, 2.75) is 41.5 Å². The van der Waals surface area contributed by atoms with Gasteiger partial charge in [-0.1, -0.05) is 65.8 Å². The second-order valence-electron chi connectivity index (χ2n) is 8.28. The van der Waals surface area contributed by atoms with Gasteiger partial charge in [0.2, 0.25) is 0 Å². The molecule has 0 heterocycles. The van der Waals surface area contributed by atoms with Crippen LogP contribution in [0, 0.1) is 10.8 Å². The van der Waals surface area contributed by atoms with Gasteiger partial charge in [-0.15, -0.1) is 0 Å². The van der Waals surface area contributed by atoms with E-state index in [1.54, 1.807) is 18.2 Å². The molecule has 2 rings (SSSR count). The minimum absolute atomic E-state index is 0.0140. The van der Waals surface area contributed by atoms with Crippen LogP contribution >= 0.6 is 0 Å². The number of Topliss-reactive ketones (excluding diaryl/α,β-unsaturated/α-hetero) is 2. The average molecular weight is 338 g/mol. The zero-order valence-electron chi connectivity index (χ0n) is 15.8. The lowest BCUT2D eigenvalue weighted by Crippen LogP contribution is -2.22. The number of rotatable bonds is 4. The van der Waals surface area contributed by atoms with Gasteiger partial charge in [0.1, 0.15) is 11.5 Å². The van der Waals surface area contributed by atoms with Crippen molar-refractivity contribution in [1.29, 1.82) is 0 Å². The number of ether oxygens (including phenoxy) is 1. The zero-order valence-corrected chi connectivity index (χ0v) is 15.8. The monoisotopic (exact) mass is 338 g/mol. The minimum Gasteiger partial charge on any atom is -0.457 e. The van der Waals surface area contributed by atoms with Crippen LogP contribution < -0.4 is 4.74 Å². The molecule has 0 amide bonds. The first kappa shape index (κ1) is 18.9. The molecule has 25 heavy (non-hydrogen) atoms. The van der Waals surface area contributed by atoms with E-state index >= 15 is 0 Å². The molecule has 0 N–H and O–H groups in total. The van der Waals surface area contributed by atoms with Gasteiger partial charge < -0.3 is 4.74 Å². The number of ketones is 2. The topological polar surface area (TPSA) is 43.4 Å². The number of carbonyl (C=O) groups excluding carboxylic acids is 2. The summed E-state index contributed by atoms with van der Waals surface area (Å²) >= 11 is 0. The van der Waals surface area contributed by atoms with Crippen LogP contribution in [0.2, 0.25) is 0 Å².